The molecule has 0 aliphatic rings. The van der Waals surface area contributed by atoms with Gasteiger partial charge in [0.05, 0.1) is 12.7 Å². The van der Waals surface area contributed by atoms with Gasteiger partial charge in [-0.25, -0.2) is 0 Å². The fourth-order valence-electron chi connectivity index (χ4n) is 2.06. The Labute approximate surface area is 110 Å². The van der Waals surface area contributed by atoms with Crippen LogP contribution in [0.1, 0.15) is 11.3 Å². The van der Waals surface area contributed by atoms with E-state index < -0.39 is 0 Å². The van der Waals surface area contributed by atoms with Crippen molar-refractivity contribution in [2.45, 2.75) is 13.2 Å². The highest BCUT2D eigenvalue weighted by Crippen LogP contribution is 2.26. The van der Waals surface area contributed by atoms with Crippen LogP contribution in [0, 0.1) is 0 Å². The van der Waals surface area contributed by atoms with Gasteiger partial charge in [0.2, 0.25) is 0 Å². The van der Waals surface area contributed by atoms with Crippen molar-refractivity contribution in [1.29, 1.82) is 0 Å². The third-order valence-corrected chi connectivity index (χ3v) is 2.98. The van der Waals surface area contributed by atoms with Crippen LogP contribution in [0.25, 0.3) is 11.0 Å². The molecule has 0 radical (unpaired) electrons. The Kier molecular flexibility index (Phi) is 3.16. The fraction of sp³-hybridized carbons (Fsp3) is 0.133. The summed E-state index contributed by atoms with van der Waals surface area (Å²) in [6.45, 7) is 0.787. The molecule has 3 rings (SSSR count). The van der Waals surface area contributed by atoms with E-state index in [1.807, 2.05) is 36.4 Å². The average molecular weight is 254 g/mol. The molecule has 0 fully saturated rings. The van der Waals surface area contributed by atoms with Gasteiger partial charge >= 0.3 is 0 Å². The summed E-state index contributed by atoms with van der Waals surface area (Å²) in [5.41, 5.74) is 7.56. The van der Waals surface area contributed by atoms with Gasteiger partial charge in [0.15, 0.2) is 0 Å². The van der Waals surface area contributed by atoms with Crippen LogP contribution in [0.4, 0.5) is 0 Å². The number of furan rings is 1. The van der Waals surface area contributed by atoms with Crippen LogP contribution in [-0.4, -0.2) is 4.98 Å². The smallest absolute Gasteiger partial charge is 0.138 e. The molecular formula is C15H14N2O2. The van der Waals surface area contributed by atoms with Crippen molar-refractivity contribution >= 4 is 11.0 Å². The van der Waals surface area contributed by atoms with Gasteiger partial charge in [0.25, 0.3) is 0 Å². The number of para-hydroxylation sites is 1. The average Bonchev–Trinajstić information content (AvgIpc) is 2.84. The van der Waals surface area contributed by atoms with E-state index in [1.165, 1.54) is 0 Å². The lowest BCUT2D eigenvalue weighted by Crippen LogP contribution is -2.02. The van der Waals surface area contributed by atoms with Crippen molar-refractivity contribution < 1.29 is 9.15 Å². The zero-order chi connectivity index (χ0) is 13.1. The lowest BCUT2D eigenvalue weighted by atomic mass is 10.1. The van der Waals surface area contributed by atoms with E-state index in [0.29, 0.717) is 13.2 Å². The Balaban J connectivity index is 1.91. The second-order valence-electron chi connectivity index (χ2n) is 4.18. The van der Waals surface area contributed by atoms with Crippen molar-refractivity contribution in [3.63, 3.8) is 0 Å². The third-order valence-electron chi connectivity index (χ3n) is 2.98. The largest absolute Gasteiger partial charge is 0.487 e. The van der Waals surface area contributed by atoms with Gasteiger partial charge in [-0.1, -0.05) is 18.2 Å². The summed E-state index contributed by atoms with van der Waals surface area (Å²) >= 11 is 0. The summed E-state index contributed by atoms with van der Waals surface area (Å²) in [6, 6.07) is 11.6. The first kappa shape index (κ1) is 11.7. The van der Waals surface area contributed by atoms with Crippen LogP contribution in [0.15, 0.2) is 53.2 Å². The van der Waals surface area contributed by atoms with E-state index in [9.17, 15) is 0 Å². The third kappa shape index (κ3) is 2.30. The zero-order valence-corrected chi connectivity index (χ0v) is 10.4. The minimum atomic E-state index is 0.362. The molecule has 0 saturated carbocycles. The van der Waals surface area contributed by atoms with Crippen molar-refractivity contribution in [2.24, 2.45) is 5.73 Å². The molecule has 0 saturated heterocycles. The Morgan fingerprint density at radius 2 is 2.05 bits per heavy atom. The number of benzene rings is 1. The first-order valence-electron chi connectivity index (χ1n) is 6.10. The Morgan fingerprint density at radius 1 is 1.16 bits per heavy atom. The number of pyridine rings is 1. The number of ether oxygens (including phenoxy) is 1. The summed E-state index contributed by atoms with van der Waals surface area (Å²) in [4.78, 5) is 4.02. The summed E-state index contributed by atoms with van der Waals surface area (Å²) in [6.07, 6.45) is 3.40. The van der Waals surface area contributed by atoms with Gasteiger partial charge in [-0.15, -0.1) is 0 Å². The van der Waals surface area contributed by atoms with Crippen molar-refractivity contribution in [1.82, 2.24) is 4.98 Å². The van der Waals surface area contributed by atoms with E-state index in [1.54, 1.807) is 12.4 Å². The predicted octanol–water partition coefficient (Wildman–Crippen LogP) is 2.87. The maximum atomic E-state index is 5.72. The highest BCUT2D eigenvalue weighted by atomic mass is 16.5. The van der Waals surface area contributed by atoms with Gasteiger partial charge < -0.3 is 14.9 Å². The van der Waals surface area contributed by atoms with Gasteiger partial charge in [-0.3, -0.25) is 4.98 Å². The van der Waals surface area contributed by atoms with Crippen LogP contribution in [-0.2, 0) is 13.2 Å². The second kappa shape index (κ2) is 5.12. The molecule has 0 atom stereocenters. The molecule has 0 unspecified atom stereocenters. The first-order chi connectivity index (χ1) is 9.38. The van der Waals surface area contributed by atoms with Gasteiger partial charge in [-0.05, 0) is 18.2 Å². The van der Waals surface area contributed by atoms with Crippen LogP contribution >= 0.6 is 0 Å². The summed E-state index contributed by atoms with van der Waals surface area (Å²) in [5.74, 6) is 1.50. The highest BCUT2D eigenvalue weighted by Gasteiger charge is 2.13. The van der Waals surface area contributed by atoms with Gasteiger partial charge in [0, 0.05) is 17.1 Å². The molecule has 0 aliphatic carbocycles. The normalized spacial score (nSPS) is 10.8. The second-order valence-corrected chi connectivity index (χ2v) is 4.18. The minimum absolute atomic E-state index is 0.362. The SMILES string of the molecule is NCc1oc2ccccc2c1COc1cccnc1. The van der Waals surface area contributed by atoms with E-state index in [0.717, 1.165) is 28.0 Å². The Bertz CT molecular complexity index is 677. The van der Waals surface area contributed by atoms with Crippen molar-refractivity contribution in [3.8, 4) is 5.75 Å². The number of nitrogens with zero attached hydrogens (tertiary/aromatic N) is 1. The molecule has 2 aromatic heterocycles. The summed E-state index contributed by atoms with van der Waals surface area (Å²) in [5, 5.41) is 1.05. The molecule has 0 bridgehead atoms. The monoisotopic (exact) mass is 254 g/mol. The topological polar surface area (TPSA) is 61.3 Å². The lowest BCUT2D eigenvalue weighted by Gasteiger charge is -2.05. The summed E-state index contributed by atoms with van der Waals surface area (Å²) < 4.78 is 11.4. The number of hydrogen-bond acceptors (Lipinski definition) is 4. The van der Waals surface area contributed by atoms with Crippen LogP contribution in [0.3, 0.4) is 0 Å². The maximum absolute atomic E-state index is 5.72. The maximum Gasteiger partial charge on any atom is 0.138 e. The molecule has 19 heavy (non-hydrogen) atoms. The minimum Gasteiger partial charge on any atom is -0.487 e. The standard InChI is InChI=1S/C15H14N2O2/c16-8-15-13(10-18-11-4-3-7-17-9-11)12-5-1-2-6-14(12)19-15/h1-7,9H,8,10,16H2. The number of nitrogens with two attached hydrogens (primary N) is 1. The molecule has 1 aromatic carbocycles. The van der Waals surface area contributed by atoms with Crippen LogP contribution in [0.2, 0.25) is 0 Å². The van der Waals surface area contributed by atoms with E-state index in [4.69, 9.17) is 14.9 Å². The van der Waals surface area contributed by atoms with Gasteiger partial charge in [0.1, 0.15) is 23.7 Å². The predicted molar refractivity (Wildman–Crippen MR) is 72.7 cm³/mol. The molecule has 3 aromatic rings. The molecule has 4 heteroatoms. The van der Waals surface area contributed by atoms with Gasteiger partial charge in [-0.2, -0.15) is 0 Å². The van der Waals surface area contributed by atoms with Crippen molar-refractivity contribution in [3.05, 3.63) is 60.1 Å². The molecule has 2 heterocycles. The zero-order valence-electron chi connectivity index (χ0n) is 10.4. The highest BCUT2D eigenvalue weighted by molar-refractivity contribution is 5.82. The lowest BCUT2D eigenvalue weighted by molar-refractivity contribution is 0.302. The molecule has 96 valence electrons. The molecule has 2 N–H and O–H groups in total. The van der Waals surface area contributed by atoms with Crippen LogP contribution < -0.4 is 10.5 Å². The van der Waals surface area contributed by atoms with Crippen molar-refractivity contribution in [2.75, 3.05) is 0 Å². The molecule has 0 amide bonds. The number of hydrogen-bond donors (Lipinski definition) is 1. The van der Waals surface area contributed by atoms with Crippen LogP contribution in [0.5, 0.6) is 5.75 Å². The van der Waals surface area contributed by atoms with E-state index in [-0.39, 0.29) is 0 Å². The Hall–Kier alpha value is -2.33. The summed E-state index contributed by atoms with van der Waals surface area (Å²) in [7, 11) is 0. The fourth-order valence-corrected chi connectivity index (χ4v) is 2.06. The Morgan fingerprint density at radius 3 is 2.84 bits per heavy atom. The molecule has 0 aliphatic heterocycles. The number of fused-ring (bicyclic) bond motifs is 1. The first-order valence-corrected chi connectivity index (χ1v) is 6.10. The molecule has 0 spiro atoms. The quantitative estimate of drug-likeness (QED) is 0.777. The van der Waals surface area contributed by atoms with E-state index in [2.05, 4.69) is 4.98 Å². The molecular weight excluding hydrogens is 240 g/mol. The number of rotatable bonds is 4. The van der Waals surface area contributed by atoms with E-state index >= 15 is 0 Å². The molecule has 4 nitrogen and oxygen atoms in total. The number of aromatic nitrogens is 1.